The highest BCUT2D eigenvalue weighted by molar-refractivity contribution is 6.17. The first kappa shape index (κ1) is 15.1. The summed E-state index contributed by atoms with van der Waals surface area (Å²) >= 11 is 5.76. The third-order valence-corrected chi connectivity index (χ3v) is 3.12. The maximum Gasteiger partial charge on any atom is 0.255 e. The molecule has 2 N–H and O–H groups in total. The van der Waals surface area contributed by atoms with Crippen molar-refractivity contribution in [2.75, 3.05) is 10.6 Å². The molecule has 0 aliphatic heterocycles. The van der Waals surface area contributed by atoms with Crippen molar-refractivity contribution in [3.05, 3.63) is 59.7 Å². The molecule has 0 fully saturated rings. The summed E-state index contributed by atoms with van der Waals surface area (Å²) in [6, 6.07) is 14.1. The Labute approximate surface area is 128 Å². The van der Waals surface area contributed by atoms with Crippen LogP contribution in [0.25, 0.3) is 0 Å². The molecule has 0 saturated carbocycles. The Balaban J connectivity index is 2.06. The summed E-state index contributed by atoms with van der Waals surface area (Å²) < 4.78 is 0. The standard InChI is InChI=1S/C16H15ClN2O2/c1-11(20)18-14-5-7-15(8-6-14)19-16(21)13-4-2-3-12(9-13)10-17/h2-9H,10H2,1H3,(H,18,20)(H,19,21). The van der Waals surface area contributed by atoms with Crippen LogP contribution >= 0.6 is 11.6 Å². The fourth-order valence-corrected chi connectivity index (χ4v) is 2.01. The average Bonchev–Trinajstić information content (AvgIpc) is 2.49. The number of rotatable bonds is 4. The fourth-order valence-electron chi connectivity index (χ4n) is 1.84. The maximum atomic E-state index is 12.1. The van der Waals surface area contributed by atoms with Crippen molar-refractivity contribution in [1.29, 1.82) is 0 Å². The SMILES string of the molecule is CC(=O)Nc1ccc(NC(=O)c2cccc(CCl)c2)cc1. The van der Waals surface area contributed by atoms with E-state index in [9.17, 15) is 9.59 Å². The quantitative estimate of drug-likeness (QED) is 0.847. The van der Waals surface area contributed by atoms with Crippen molar-refractivity contribution in [2.45, 2.75) is 12.8 Å². The number of carbonyl (C=O) groups is 2. The smallest absolute Gasteiger partial charge is 0.255 e. The largest absolute Gasteiger partial charge is 0.326 e. The van der Waals surface area contributed by atoms with Crippen molar-refractivity contribution >= 4 is 34.8 Å². The lowest BCUT2D eigenvalue weighted by Gasteiger charge is -2.07. The van der Waals surface area contributed by atoms with E-state index in [0.717, 1.165) is 5.56 Å². The molecule has 0 unspecified atom stereocenters. The van der Waals surface area contributed by atoms with Crippen LogP contribution in [0, 0.1) is 0 Å². The number of anilines is 2. The Morgan fingerprint density at radius 1 is 1.00 bits per heavy atom. The summed E-state index contributed by atoms with van der Waals surface area (Å²) in [6.07, 6.45) is 0. The Kier molecular flexibility index (Phi) is 4.95. The fraction of sp³-hybridized carbons (Fsp3) is 0.125. The van der Waals surface area contributed by atoms with Gasteiger partial charge in [0.15, 0.2) is 0 Å². The van der Waals surface area contributed by atoms with E-state index in [1.807, 2.05) is 6.07 Å². The number of hydrogen-bond donors (Lipinski definition) is 2. The van der Waals surface area contributed by atoms with Gasteiger partial charge in [0, 0.05) is 29.7 Å². The van der Waals surface area contributed by atoms with Gasteiger partial charge in [-0.3, -0.25) is 9.59 Å². The van der Waals surface area contributed by atoms with Crippen LogP contribution in [-0.2, 0) is 10.7 Å². The lowest BCUT2D eigenvalue weighted by Crippen LogP contribution is -2.12. The highest BCUT2D eigenvalue weighted by Crippen LogP contribution is 2.15. The second-order valence-corrected chi connectivity index (χ2v) is 4.81. The van der Waals surface area contributed by atoms with Crippen molar-refractivity contribution in [1.82, 2.24) is 0 Å². The normalized spacial score (nSPS) is 10.0. The van der Waals surface area contributed by atoms with Gasteiger partial charge in [-0.1, -0.05) is 12.1 Å². The number of amides is 2. The second-order valence-electron chi connectivity index (χ2n) is 4.55. The van der Waals surface area contributed by atoms with Crippen LogP contribution in [0.2, 0.25) is 0 Å². The van der Waals surface area contributed by atoms with Crippen LogP contribution in [0.15, 0.2) is 48.5 Å². The first-order valence-corrected chi connectivity index (χ1v) is 6.96. The number of nitrogens with one attached hydrogen (secondary N) is 2. The molecule has 0 heterocycles. The van der Waals surface area contributed by atoms with Crippen LogP contribution in [0.3, 0.4) is 0 Å². The monoisotopic (exact) mass is 302 g/mol. The predicted octanol–water partition coefficient (Wildman–Crippen LogP) is 3.64. The zero-order chi connectivity index (χ0) is 15.2. The molecule has 2 aromatic rings. The van der Waals surface area contributed by atoms with Gasteiger partial charge in [-0.15, -0.1) is 11.6 Å². The summed E-state index contributed by atoms with van der Waals surface area (Å²) in [6.45, 7) is 1.44. The van der Waals surface area contributed by atoms with Gasteiger partial charge in [0.2, 0.25) is 5.91 Å². The maximum absolute atomic E-state index is 12.1. The Hall–Kier alpha value is -2.33. The van der Waals surface area contributed by atoms with Crippen molar-refractivity contribution in [2.24, 2.45) is 0 Å². The Bertz CT molecular complexity index is 654. The molecular weight excluding hydrogens is 288 g/mol. The predicted molar refractivity (Wildman–Crippen MR) is 84.7 cm³/mol. The minimum absolute atomic E-state index is 0.135. The third-order valence-electron chi connectivity index (χ3n) is 2.81. The Morgan fingerprint density at radius 2 is 1.62 bits per heavy atom. The highest BCUT2D eigenvalue weighted by atomic mass is 35.5. The zero-order valence-corrected chi connectivity index (χ0v) is 12.3. The van der Waals surface area contributed by atoms with E-state index in [1.54, 1.807) is 42.5 Å². The summed E-state index contributed by atoms with van der Waals surface area (Å²) in [7, 11) is 0. The number of benzene rings is 2. The molecule has 2 aromatic carbocycles. The number of carbonyl (C=O) groups excluding carboxylic acids is 2. The molecule has 21 heavy (non-hydrogen) atoms. The molecule has 0 spiro atoms. The van der Waals surface area contributed by atoms with Gasteiger partial charge < -0.3 is 10.6 Å². The highest BCUT2D eigenvalue weighted by Gasteiger charge is 2.06. The van der Waals surface area contributed by atoms with Crippen LogP contribution in [0.1, 0.15) is 22.8 Å². The lowest BCUT2D eigenvalue weighted by atomic mass is 10.1. The minimum Gasteiger partial charge on any atom is -0.326 e. The van der Waals surface area contributed by atoms with Gasteiger partial charge in [0.25, 0.3) is 5.91 Å². The molecule has 0 aromatic heterocycles. The molecule has 5 heteroatoms. The molecular formula is C16H15ClN2O2. The molecule has 0 atom stereocenters. The van der Waals surface area contributed by atoms with E-state index in [-0.39, 0.29) is 11.8 Å². The first-order chi connectivity index (χ1) is 10.1. The van der Waals surface area contributed by atoms with Gasteiger partial charge in [-0.05, 0) is 42.0 Å². The van der Waals surface area contributed by atoms with Gasteiger partial charge in [0.1, 0.15) is 0 Å². The summed E-state index contributed by atoms with van der Waals surface area (Å²) in [4.78, 5) is 23.1. The lowest BCUT2D eigenvalue weighted by molar-refractivity contribution is -0.114. The molecule has 2 amide bonds. The number of alkyl halides is 1. The molecule has 0 aliphatic carbocycles. The molecule has 108 valence electrons. The van der Waals surface area contributed by atoms with Gasteiger partial charge >= 0.3 is 0 Å². The van der Waals surface area contributed by atoms with Crippen LogP contribution < -0.4 is 10.6 Å². The summed E-state index contributed by atoms with van der Waals surface area (Å²) in [5.74, 6) is 0.0333. The van der Waals surface area contributed by atoms with E-state index >= 15 is 0 Å². The topological polar surface area (TPSA) is 58.2 Å². The van der Waals surface area contributed by atoms with Crippen LogP contribution in [0.4, 0.5) is 11.4 Å². The van der Waals surface area contributed by atoms with Crippen molar-refractivity contribution < 1.29 is 9.59 Å². The van der Waals surface area contributed by atoms with E-state index in [1.165, 1.54) is 6.92 Å². The minimum atomic E-state index is -0.200. The summed E-state index contributed by atoms with van der Waals surface area (Å²) in [5, 5.41) is 5.46. The van der Waals surface area contributed by atoms with E-state index in [4.69, 9.17) is 11.6 Å². The van der Waals surface area contributed by atoms with Crippen LogP contribution in [-0.4, -0.2) is 11.8 Å². The number of halogens is 1. The second kappa shape index (κ2) is 6.90. The number of hydrogen-bond acceptors (Lipinski definition) is 2. The molecule has 0 saturated heterocycles. The molecule has 0 radical (unpaired) electrons. The van der Waals surface area contributed by atoms with Crippen molar-refractivity contribution in [3.63, 3.8) is 0 Å². The molecule has 0 aliphatic rings. The molecule has 0 bridgehead atoms. The average molecular weight is 303 g/mol. The summed E-state index contributed by atoms with van der Waals surface area (Å²) in [5.41, 5.74) is 2.79. The Morgan fingerprint density at radius 3 is 2.19 bits per heavy atom. The van der Waals surface area contributed by atoms with E-state index in [0.29, 0.717) is 22.8 Å². The van der Waals surface area contributed by atoms with Crippen LogP contribution in [0.5, 0.6) is 0 Å². The van der Waals surface area contributed by atoms with Crippen molar-refractivity contribution in [3.8, 4) is 0 Å². The third kappa shape index (κ3) is 4.33. The van der Waals surface area contributed by atoms with Gasteiger partial charge in [-0.25, -0.2) is 0 Å². The molecule has 2 rings (SSSR count). The van der Waals surface area contributed by atoms with Gasteiger partial charge in [0.05, 0.1) is 0 Å². The van der Waals surface area contributed by atoms with E-state index < -0.39 is 0 Å². The van der Waals surface area contributed by atoms with E-state index in [2.05, 4.69) is 10.6 Å². The zero-order valence-electron chi connectivity index (χ0n) is 11.5. The van der Waals surface area contributed by atoms with Gasteiger partial charge in [-0.2, -0.15) is 0 Å². The molecule has 4 nitrogen and oxygen atoms in total. The first-order valence-electron chi connectivity index (χ1n) is 6.42.